The van der Waals surface area contributed by atoms with Gasteiger partial charge in [0.25, 0.3) is 5.91 Å². The highest BCUT2D eigenvalue weighted by atomic mass is 16.4. The first-order valence-corrected chi connectivity index (χ1v) is 6.46. The molecule has 0 bridgehead atoms. The minimum absolute atomic E-state index is 0.0461. The molecule has 0 aliphatic heterocycles. The summed E-state index contributed by atoms with van der Waals surface area (Å²) in [5.74, 6) is -0.876. The summed E-state index contributed by atoms with van der Waals surface area (Å²) in [6.07, 6.45) is 3.67. The molecule has 0 saturated carbocycles. The van der Waals surface area contributed by atoms with Gasteiger partial charge in [0.15, 0.2) is 11.5 Å². The van der Waals surface area contributed by atoms with Crippen LogP contribution in [-0.4, -0.2) is 33.5 Å². The van der Waals surface area contributed by atoms with E-state index in [1.54, 1.807) is 0 Å². The second-order valence-corrected chi connectivity index (χ2v) is 5.09. The van der Waals surface area contributed by atoms with Gasteiger partial charge in [-0.3, -0.25) is 9.59 Å². The number of aliphatic carboxylic acids is 1. The third-order valence-corrected chi connectivity index (χ3v) is 2.76. The topological polar surface area (TPSA) is 118 Å². The van der Waals surface area contributed by atoms with Crippen LogP contribution in [0.4, 0.5) is 5.82 Å². The van der Waals surface area contributed by atoms with Gasteiger partial charge in [-0.05, 0) is 18.3 Å². The number of aromatic nitrogens is 2. The van der Waals surface area contributed by atoms with Crippen molar-refractivity contribution in [1.29, 1.82) is 0 Å². The average molecular weight is 280 g/mol. The number of primary amides is 1. The van der Waals surface area contributed by atoms with Gasteiger partial charge in [0.2, 0.25) is 0 Å². The number of nitrogens with two attached hydrogens (primary N) is 1. The van der Waals surface area contributed by atoms with Crippen LogP contribution in [0.25, 0.3) is 0 Å². The Hall–Kier alpha value is -2.18. The van der Waals surface area contributed by atoms with E-state index in [4.69, 9.17) is 10.8 Å². The fourth-order valence-electron chi connectivity index (χ4n) is 2.04. The van der Waals surface area contributed by atoms with Gasteiger partial charge in [-0.1, -0.05) is 13.8 Å². The summed E-state index contributed by atoms with van der Waals surface area (Å²) in [5.41, 5.74) is 5.27. The maximum atomic E-state index is 11.2. The molecule has 1 heterocycles. The molecule has 0 aliphatic carbocycles. The largest absolute Gasteiger partial charge is 0.481 e. The van der Waals surface area contributed by atoms with E-state index in [0.717, 1.165) is 6.42 Å². The van der Waals surface area contributed by atoms with Gasteiger partial charge in [0, 0.05) is 25.4 Å². The first-order chi connectivity index (χ1) is 9.40. The zero-order valence-corrected chi connectivity index (χ0v) is 11.7. The highest BCUT2D eigenvalue weighted by Crippen LogP contribution is 2.17. The number of nitrogens with zero attached hydrogens (tertiary/aromatic N) is 2. The summed E-state index contributed by atoms with van der Waals surface area (Å²) < 4.78 is 0. The molecule has 1 amide bonds. The summed E-state index contributed by atoms with van der Waals surface area (Å²) >= 11 is 0. The Labute approximate surface area is 117 Å². The Balaban J connectivity index is 2.71. The van der Waals surface area contributed by atoms with Gasteiger partial charge < -0.3 is 16.2 Å². The number of nitrogens with one attached hydrogen (secondary N) is 1. The van der Waals surface area contributed by atoms with Crippen molar-refractivity contribution in [1.82, 2.24) is 9.97 Å². The molecule has 4 N–H and O–H groups in total. The highest BCUT2D eigenvalue weighted by Gasteiger charge is 2.17. The lowest BCUT2D eigenvalue weighted by Crippen LogP contribution is -2.23. The Morgan fingerprint density at radius 2 is 2.00 bits per heavy atom. The number of anilines is 1. The summed E-state index contributed by atoms with van der Waals surface area (Å²) in [6, 6.07) is 0. The second kappa shape index (κ2) is 7.42. The molecule has 110 valence electrons. The van der Waals surface area contributed by atoms with E-state index < -0.39 is 11.9 Å². The van der Waals surface area contributed by atoms with E-state index in [-0.39, 0.29) is 18.0 Å². The van der Waals surface area contributed by atoms with Crippen molar-refractivity contribution in [3.8, 4) is 0 Å². The van der Waals surface area contributed by atoms with E-state index in [0.29, 0.717) is 18.3 Å². The molecule has 7 heteroatoms. The lowest BCUT2D eigenvalue weighted by molar-refractivity contribution is -0.138. The monoisotopic (exact) mass is 280 g/mol. The molecule has 0 saturated heterocycles. The van der Waals surface area contributed by atoms with Crippen molar-refractivity contribution in [2.45, 2.75) is 26.7 Å². The predicted molar refractivity (Wildman–Crippen MR) is 74.2 cm³/mol. The third-order valence-electron chi connectivity index (χ3n) is 2.76. The summed E-state index contributed by atoms with van der Waals surface area (Å²) in [4.78, 5) is 29.9. The Morgan fingerprint density at radius 1 is 1.35 bits per heavy atom. The molecule has 0 radical (unpaired) electrons. The molecule has 1 rings (SSSR count). The molecule has 0 aromatic carbocycles. The zero-order valence-electron chi connectivity index (χ0n) is 11.7. The van der Waals surface area contributed by atoms with Crippen LogP contribution in [0.1, 0.15) is 37.2 Å². The van der Waals surface area contributed by atoms with Crippen LogP contribution in [-0.2, 0) is 4.79 Å². The maximum absolute atomic E-state index is 11.2. The minimum atomic E-state index is -0.841. The van der Waals surface area contributed by atoms with Crippen molar-refractivity contribution in [2.24, 2.45) is 17.6 Å². The lowest BCUT2D eigenvalue weighted by Gasteiger charge is -2.18. The first kappa shape index (κ1) is 15.9. The van der Waals surface area contributed by atoms with Gasteiger partial charge in [-0.2, -0.15) is 0 Å². The Kier molecular flexibility index (Phi) is 5.89. The smallest absolute Gasteiger partial charge is 0.303 e. The van der Waals surface area contributed by atoms with E-state index in [9.17, 15) is 9.59 Å². The standard InChI is InChI=1S/C13H20N4O3/c1-8(2)5-9(6-10(18)19)7-17-13-11(12(14)20)15-3-4-16-13/h3-4,8-9H,5-7H2,1-2H3,(H2,14,20)(H,16,17)(H,18,19). The summed E-state index contributed by atoms with van der Waals surface area (Å²) in [7, 11) is 0. The Bertz CT molecular complexity index is 476. The van der Waals surface area contributed by atoms with Gasteiger partial charge in [-0.25, -0.2) is 9.97 Å². The highest BCUT2D eigenvalue weighted by molar-refractivity contribution is 5.95. The van der Waals surface area contributed by atoms with Crippen LogP contribution >= 0.6 is 0 Å². The van der Waals surface area contributed by atoms with Crippen LogP contribution in [0.5, 0.6) is 0 Å². The number of carboxylic acid groups (broad SMARTS) is 1. The zero-order chi connectivity index (χ0) is 15.1. The first-order valence-electron chi connectivity index (χ1n) is 6.46. The maximum Gasteiger partial charge on any atom is 0.303 e. The molecule has 1 atom stereocenters. The number of carbonyl (C=O) groups excluding carboxylic acids is 1. The molecule has 20 heavy (non-hydrogen) atoms. The fraction of sp³-hybridized carbons (Fsp3) is 0.538. The van der Waals surface area contributed by atoms with Crippen LogP contribution in [0.15, 0.2) is 12.4 Å². The minimum Gasteiger partial charge on any atom is -0.481 e. The van der Waals surface area contributed by atoms with Crippen LogP contribution in [0.2, 0.25) is 0 Å². The normalized spacial score (nSPS) is 12.2. The molecule has 1 aromatic heterocycles. The van der Waals surface area contributed by atoms with Gasteiger partial charge >= 0.3 is 5.97 Å². The number of hydrogen-bond acceptors (Lipinski definition) is 5. The van der Waals surface area contributed by atoms with Crippen molar-refractivity contribution in [3.05, 3.63) is 18.1 Å². The van der Waals surface area contributed by atoms with Gasteiger partial charge in [0.05, 0.1) is 0 Å². The molecule has 7 nitrogen and oxygen atoms in total. The quantitative estimate of drug-likeness (QED) is 0.656. The summed E-state index contributed by atoms with van der Waals surface area (Å²) in [5, 5.41) is 11.9. The van der Waals surface area contributed by atoms with E-state index in [2.05, 4.69) is 15.3 Å². The molecular weight excluding hydrogens is 260 g/mol. The number of hydrogen-bond donors (Lipinski definition) is 3. The molecular formula is C13H20N4O3. The summed E-state index contributed by atoms with van der Waals surface area (Å²) in [6.45, 7) is 4.47. The van der Waals surface area contributed by atoms with Gasteiger partial charge in [-0.15, -0.1) is 0 Å². The van der Waals surface area contributed by atoms with Crippen molar-refractivity contribution in [2.75, 3.05) is 11.9 Å². The molecule has 1 unspecified atom stereocenters. The molecule has 0 aliphatic rings. The lowest BCUT2D eigenvalue weighted by atomic mass is 9.94. The number of carboxylic acids is 1. The van der Waals surface area contributed by atoms with Crippen molar-refractivity contribution in [3.63, 3.8) is 0 Å². The van der Waals surface area contributed by atoms with Crippen molar-refractivity contribution < 1.29 is 14.7 Å². The molecule has 0 spiro atoms. The number of amides is 1. The van der Waals surface area contributed by atoms with E-state index in [1.807, 2.05) is 13.8 Å². The van der Waals surface area contributed by atoms with E-state index in [1.165, 1.54) is 12.4 Å². The SMILES string of the molecule is CC(C)CC(CNc1nccnc1C(N)=O)CC(=O)O. The van der Waals surface area contributed by atoms with Crippen LogP contribution in [0.3, 0.4) is 0 Å². The van der Waals surface area contributed by atoms with Gasteiger partial charge in [0.1, 0.15) is 0 Å². The van der Waals surface area contributed by atoms with E-state index >= 15 is 0 Å². The fourth-order valence-corrected chi connectivity index (χ4v) is 2.04. The number of carbonyl (C=O) groups is 2. The average Bonchev–Trinajstić information content (AvgIpc) is 2.34. The van der Waals surface area contributed by atoms with Crippen LogP contribution < -0.4 is 11.1 Å². The molecule has 0 fully saturated rings. The second-order valence-electron chi connectivity index (χ2n) is 5.09. The Morgan fingerprint density at radius 3 is 2.55 bits per heavy atom. The predicted octanol–water partition coefficient (Wildman–Crippen LogP) is 1.12. The molecule has 1 aromatic rings. The van der Waals surface area contributed by atoms with Crippen LogP contribution in [0, 0.1) is 11.8 Å². The number of rotatable bonds is 8. The third kappa shape index (κ3) is 5.21. The van der Waals surface area contributed by atoms with Crippen molar-refractivity contribution >= 4 is 17.7 Å².